The average Bonchev–Trinajstić information content (AvgIpc) is 3.02. The van der Waals surface area contributed by atoms with Crippen LogP contribution in [0.2, 0.25) is 0 Å². The van der Waals surface area contributed by atoms with E-state index in [0.717, 1.165) is 6.42 Å². The Labute approximate surface area is 153 Å². The monoisotopic (exact) mass is 364 g/mol. The van der Waals surface area contributed by atoms with Crippen LogP contribution in [-0.2, 0) is 19.9 Å². The number of hydrogen-bond acceptors (Lipinski definition) is 4. The number of amides is 2. The predicted octanol–water partition coefficient (Wildman–Crippen LogP) is 1.93. The highest BCUT2D eigenvalue weighted by molar-refractivity contribution is 5.93. The molecule has 0 bridgehead atoms. The highest BCUT2D eigenvalue weighted by Gasteiger charge is 2.34. The van der Waals surface area contributed by atoms with Gasteiger partial charge in [-0.05, 0) is 26.7 Å². The van der Waals surface area contributed by atoms with E-state index in [1.54, 1.807) is 4.90 Å². The van der Waals surface area contributed by atoms with Gasteiger partial charge in [-0.1, -0.05) is 20.8 Å². The van der Waals surface area contributed by atoms with Crippen LogP contribution < -0.4 is 5.32 Å². The molecule has 2 amide bonds. The maximum absolute atomic E-state index is 12.6. The molecule has 0 aromatic carbocycles. The molecule has 1 aromatic rings. The van der Waals surface area contributed by atoms with Crippen LogP contribution in [0.3, 0.4) is 0 Å². The summed E-state index contributed by atoms with van der Waals surface area (Å²) in [6.45, 7) is 9.75. The molecule has 1 fully saturated rings. The Kier molecular flexibility index (Phi) is 5.44. The first kappa shape index (κ1) is 19.9. The van der Waals surface area contributed by atoms with Crippen LogP contribution in [0.4, 0.5) is 5.69 Å². The van der Waals surface area contributed by atoms with E-state index in [-0.39, 0.29) is 17.7 Å². The Morgan fingerprint density at radius 1 is 1.23 bits per heavy atom. The van der Waals surface area contributed by atoms with Crippen molar-refractivity contribution in [2.45, 2.75) is 53.0 Å². The molecule has 1 aliphatic heterocycles. The molecule has 2 rings (SSSR count). The summed E-state index contributed by atoms with van der Waals surface area (Å²) in [5.41, 5.74) is -1.23. The molecule has 8 heteroatoms. The van der Waals surface area contributed by atoms with Gasteiger partial charge in [0.05, 0.1) is 17.8 Å². The number of carboxylic acids is 1. The molecular formula is C18H28N4O4. The van der Waals surface area contributed by atoms with Gasteiger partial charge in [-0.15, -0.1) is 0 Å². The molecule has 0 radical (unpaired) electrons. The zero-order chi connectivity index (χ0) is 19.7. The largest absolute Gasteiger partial charge is 0.479 e. The normalized spacial score (nSPS) is 18.5. The number of carbonyl (C=O) groups excluding carboxylic acids is 2. The summed E-state index contributed by atoms with van der Waals surface area (Å²) in [6.07, 6.45) is 4.44. The van der Waals surface area contributed by atoms with Gasteiger partial charge in [-0.3, -0.25) is 14.3 Å². The van der Waals surface area contributed by atoms with E-state index >= 15 is 0 Å². The highest BCUT2D eigenvalue weighted by Crippen LogP contribution is 2.25. The maximum Gasteiger partial charge on any atom is 0.331 e. The Morgan fingerprint density at radius 2 is 1.88 bits per heavy atom. The Balaban J connectivity index is 2.03. The third kappa shape index (κ3) is 4.23. The van der Waals surface area contributed by atoms with Crippen molar-refractivity contribution in [2.24, 2.45) is 11.3 Å². The van der Waals surface area contributed by atoms with Gasteiger partial charge in [0.1, 0.15) is 0 Å². The van der Waals surface area contributed by atoms with Gasteiger partial charge < -0.3 is 15.3 Å². The van der Waals surface area contributed by atoms with Crippen LogP contribution in [0.5, 0.6) is 0 Å². The van der Waals surface area contributed by atoms with E-state index in [1.807, 2.05) is 20.8 Å². The Hall–Kier alpha value is -2.38. The van der Waals surface area contributed by atoms with Crippen molar-refractivity contribution >= 4 is 23.5 Å². The van der Waals surface area contributed by atoms with E-state index < -0.39 is 16.9 Å². The molecule has 0 aliphatic carbocycles. The van der Waals surface area contributed by atoms with Gasteiger partial charge in [0.2, 0.25) is 11.8 Å². The standard InChI is InChI=1S/C18H28N4O4/c1-17(2,3)15(24)21-8-6-7-12(10-21)14(23)20-13-9-19-22(11-13)18(4,5)16(25)26/h9,11-12H,6-8,10H2,1-5H3,(H,20,23)(H,25,26). The summed E-state index contributed by atoms with van der Waals surface area (Å²) < 4.78 is 1.31. The first-order chi connectivity index (χ1) is 11.9. The van der Waals surface area contributed by atoms with Gasteiger partial charge in [0, 0.05) is 24.7 Å². The third-order valence-electron chi connectivity index (χ3n) is 4.67. The molecule has 144 valence electrons. The number of likely N-dealkylation sites (tertiary alicyclic amines) is 1. The molecule has 8 nitrogen and oxygen atoms in total. The summed E-state index contributed by atoms with van der Waals surface area (Å²) >= 11 is 0. The minimum Gasteiger partial charge on any atom is -0.479 e. The van der Waals surface area contributed by atoms with Gasteiger partial charge in [0.25, 0.3) is 0 Å². The van der Waals surface area contributed by atoms with Crippen molar-refractivity contribution in [1.29, 1.82) is 0 Å². The number of nitrogens with zero attached hydrogens (tertiary/aromatic N) is 3. The van der Waals surface area contributed by atoms with E-state index in [2.05, 4.69) is 10.4 Å². The molecule has 0 saturated carbocycles. The van der Waals surface area contributed by atoms with Crippen LogP contribution in [0.25, 0.3) is 0 Å². The number of hydrogen-bond donors (Lipinski definition) is 2. The number of rotatable bonds is 4. The lowest BCUT2D eigenvalue weighted by atomic mass is 9.91. The molecule has 1 saturated heterocycles. The van der Waals surface area contributed by atoms with Gasteiger partial charge >= 0.3 is 5.97 Å². The summed E-state index contributed by atoms with van der Waals surface area (Å²) in [7, 11) is 0. The van der Waals surface area contributed by atoms with Crippen molar-refractivity contribution < 1.29 is 19.5 Å². The second kappa shape index (κ2) is 7.09. The molecule has 1 aromatic heterocycles. The van der Waals surface area contributed by atoms with Crippen molar-refractivity contribution in [1.82, 2.24) is 14.7 Å². The first-order valence-electron chi connectivity index (χ1n) is 8.81. The lowest BCUT2D eigenvalue weighted by Gasteiger charge is -2.35. The second-order valence-corrected chi connectivity index (χ2v) is 8.37. The third-order valence-corrected chi connectivity index (χ3v) is 4.67. The maximum atomic E-state index is 12.6. The molecule has 1 unspecified atom stereocenters. The van der Waals surface area contributed by atoms with E-state index in [4.69, 9.17) is 0 Å². The Bertz CT molecular complexity index is 702. The van der Waals surface area contributed by atoms with Gasteiger partial charge in [-0.25, -0.2) is 4.79 Å². The number of anilines is 1. The molecule has 0 spiro atoms. The zero-order valence-corrected chi connectivity index (χ0v) is 16.1. The second-order valence-electron chi connectivity index (χ2n) is 8.37. The average molecular weight is 364 g/mol. The number of aliphatic carboxylic acids is 1. The molecule has 2 N–H and O–H groups in total. The number of nitrogens with one attached hydrogen (secondary N) is 1. The highest BCUT2D eigenvalue weighted by atomic mass is 16.4. The number of carboxylic acid groups (broad SMARTS) is 1. The smallest absolute Gasteiger partial charge is 0.331 e. The van der Waals surface area contributed by atoms with Crippen LogP contribution >= 0.6 is 0 Å². The summed E-state index contributed by atoms with van der Waals surface area (Å²) in [5, 5.41) is 16.1. The summed E-state index contributed by atoms with van der Waals surface area (Å²) in [4.78, 5) is 38.1. The van der Waals surface area contributed by atoms with Crippen molar-refractivity contribution in [3.63, 3.8) is 0 Å². The molecule has 1 aliphatic rings. The van der Waals surface area contributed by atoms with Crippen molar-refractivity contribution in [2.75, 3.05) is 18.4 Å². The first-order valence-corrected chi connectivity index (χ1v) is 8.81. The number of aromatic nitrogens is 2. The van der Waals surface area contributed by atoms with Crippen LogP contribution in [0.15, 0.2) is 12.4 Å². The lowest BCUT2D eigenvalue weighted by Crippen LogP contribution is -2.47. The van der Waals surface area contributed by atoms with Crippen LogP contribution in [-0.4, -0.2) is 50.7 Å². The fraction of sp³-hybridized carbons (Fsp3) is 0.667. The minimum atomic E-state index is -1.20. The lowest BCUT2D eigenvalue weighted by molar-refractivity contribution is -0.146. The quantitative estimate of drug-likeness (QED) is 0.849. The molecule has 1 atom stereocenters. The van der Waals surface area contributed by atoms with Crippen LogP contribution in [0.1, 0.15) is 47.5 Å². The zero-order valence-electron chi connectivity index (χ0n) is 16.1. The fourth-order valence-electron chi connectivity index (χ4n) is 2.89. The molecule has 26 heavy (non-hydrogen) atoms. The molecule has 2 heterocycles. The topological polar surface area (TPSA) is 105 Å². The number of piperidine rings is 1. The van der Waals surface area contributed by atoms with E-state index in [9.17, 15) is 19.5 Å². The van der Waals surface area contributed by atoms with Crippen LogP contribution in [0, 0.1) is 11.3 Å². The number of carbonyl (C=O) groups is 3. The van der Waals surface area contributed by atoms with E-state index in [0.29, 0.717) is 25.2 Å². The summed E-state index contributed by atoms with van der Waals surface area (Å²) in [5.74, 6) is -1.43. The minimum absolute atomic E-state index is 0.0472. The Morgan fingerprint density at radius 3 is 2.46 bits per heavy atom. The predicted molar refractivity (Wildman–Crippen MR) is 96.6 cm³/mol. The van der Waals surface area contributed by atoms with Crippen molar-refractivity contribution in [3.8, 4) is 0 Å². The van der Waals surface area contributed by atoms with E-state index in [1.165, 1.54) is 30.9 Å². The molecular weight excluding hydrogens is 336 g/mol. The fourth-order valence-corrected chi connectivity index (χ4v) is 2.89. The SMILES string of the molecule is CC(C)(C)C(=O)N1CCCC(C(=O)Nc2cnn(C(C)(C)C(=O)O)c2)C1. The van der Waals surface area contributed by atoms with Crippen molar-refractivity contribution in [3.05, 3.63) is 12.4 Å². The van der Waals surface area contributed by atoms with Gasteiger partial charge in [-0.2, -0.15) is 5.10 Å². The van der Waals surface area contributed by atoms with Gasteiger partial charge in [0.15, 0.2) is 5.54 Å². The summed E-state index contributed by atoms with van der Waals surface area (Å²) in [6, 6.07) is 0.